The van der Waals surface area contributed by atoms with Crippen LogP contribution in [0.1, 0.15) is 54.2 Å². The Kier molecular flexibility index (Phi) is 3.96. The maximum atomic E-state index is 2.29. The summed E-state index contributed by atoms with van der Waals surface area (Å²) in [6, 6.07) is 0. The number of hydrogen-bond donors (Lipinski definition) is 0. The molecule has 0 aliphatic carbocycles. The summed E-state index contributed by atoms with van der Waals surface area (Å²) in [5.74, 6) is 0. The highest BCUT2D eigenvalue weighted by Gasteiger charge is 2.13. The fraction of sp³-hybridized carbons (Fsp3) is 0.600. The summed E-state index contributed by atoms with van der Waals surface area (Å²) in [5, 5.41) is 0. The minimum Gasteiger partial charge on any atom is -0.0613 e. The van der Waals surface area contributed by atoms with Gasteiger partial charge in [0.25, 0.3) is 0 Å². The largest absolute Gasteiger partial charge is 0.0613 e. The Labute approximate surface area is 94.7 Å². The van der Waals surface area contributed by atoms with E-state index in [0.29, 0.717) is 0 Å². The Morgan fingerprint density at radius 2 is 0.867 bits per heavy atom. The standard InChI is InChI=1S/C15H24/c1-7-13-10(4)11(5)14(8-2)15(9-3)12(13)6/h7-9H2,1-6H3. The predicted octanol–water partition coefficient (Wildman–Crippen LogP) is 4.30. The molecule has 15 heavy (non-hydrogen) atoms. The van der Waals surface area contributed by atoms with Crippen molar-refractivity contribution >= 4 is 0 Å². The zero-order valence-corrected chi connectivity index (χ0v) is 11.1. The van der Waals surface area contributed by atoms with Crippen LogP contribution in [0.2, 0.25) is 0 Å². The first-order valence-corrected chi connectivity index (χ1v) is 6.18. The first-order chi connectivity index (χ1) is 7.08. The van der Waals surface area contributed by atoms with E-state index < -0.39 is 0 Å². The van der Waals surface area contributed by atoms with E-state index in [9.17, 15) is 0 Å². The first kappa shape index (κ1) is 12.3. The van der Waals surface area contributed by atoms with Crippen LogP contribution in [0.5, 0.6) is 0 Å². The zero-order chi connectivity index (χ0) is 11.6. The minimum atomic E-state index is 1.16. The van der Waals surface area contributed by atoms with E-state index in [2.05, 4.69) is 41.5 Å². The molecule has 0 heterocycles. The van der Waals surface area contributed by atoms with Crippen molar-refractivity contribution in [1.82, 2.24) is 0 Å². The highest BCUT2D eigenvalue weighted by Crippen LogP contribution is 2.28. The van der Waals surface area contributed by atoms with Crippen LogP contribution in [0.4, 0.5) is 0 Å². The number of hydrogen-bond acceptors (Lipinski definition) is 0. The van der Waals surface area contributed by atoms with Gasteiger partial charge in [0.15, 0.2) is 0 Å². The molecule has 0 saturated heterocycles. The van der Waals surface area contributed by atoms with Crippen LogP contribution in [0.3, 0.4) is 0 Å². The molecule has 0 radical (unpaired) electrons. The third-order valence-corrected chi connectivity index (χ3v) is 3.80. The van der Waals surface area contributed by atoms with E-state index in [1.807, 2.05) is 0 Å². The molecule has 0 aliphatic heterocycles. The average Bonchev–Trinajstić information content (AvgIpc) is 2.23. The maximum Gasteiger partial charge on any atom is -0.0302 e. The summed E-state index contributed by atoms with van der Waals surface area (Å²) in [5.41, 5.74) is 9.34. The van der Waals surface area contributed by atoms with Crippen molar-refractivity contribution in [3.05, 3.63) is 33.4 Å². The van der Waals surface area contributed by atoms with Crippen LogP contribution >= 0.6 is 0 Å². The molecule has 1 rings (SSSR count). The van der Waals surface area contributed by atoms with E-state index in [0.717, 1.165) is 6.42 Å². The molecule has 0 spiro atoms. The molecular weight excluding hydrogens is 180 g/mol. The van der Waals surface area contributed by atoms with Gasteiger partial charge in [-0.1, -0.05) is 20.8 Å². The maximum absolute atomic E-state index is 2.29. The summed E-state index contributed by atoms with van der Waals surface area (Å²) >= 11 is 0. The minimum absolute atomic E-state index is 1.16. The van der Waals surface area contributed by atoms with E-state index in [1.165, 1.54) is 24.0 Å². The molecule has 84 valence electrons. The molecular formula is C15H24. The molecule has 0 atom stereocenters. The third kappa shape index (κ3) is 1.95. The van der Waals surface area contributed by atoms with Crippen LogP contribution < -0.4 is 0 Å². The van der Waals surface area contributed by atoms with Gasteiger partial charge in [-0.15, -0.1) is 0 Å². The van der Waals surface area contributed by atoms with Gasteiger partial charge in [-0.25, -0.2) is 0 Å². The first-order valence-electron chi connectivity index (χ1n) is 6.18. The summed E-state index contributed by atoms with van der Waals surface area (Å²) in [7, 11) is 0. The second-order valence-electron chi connectivity index (χ2n) is 4.37. The highest BCUT2D eigenvalue weighted by atomic mass is 14.2. The predicted molar refractivity (Wildman–Crippen MR) is 68.8 cm³/mol. The van der Waals surface area contributed by atoms with Crippen LogP contribution in [-0.4, -0.2) is 0 Å². The van der Waals surface area contributed by atoms with Crippen LogP contribution in [0, 0.1) is 20.8 Å². The van der Waals surface area contributed by atoms with Crippen molar-refractivity contribution in [2.45, 2.75) is 60.8 Å². The lowest BCUT2D eigenvalue weighted by Gasteiger charge is -2.20. The van der Waals surface area contributed by atoms with Crippen molar-refractivity contribution in [3.63, 3.8) is 0 Å². The molecule has 1 aromatic rings. The second kappa shape index (κ2) is 4.83. The monoisotopic (exact) mass is 204 g/mol. The van der Waals surface area contributed by atoms with E-state index in [4.69, 9.17) is 0 Å². The molecule has 0 nitrogen and oxygen atoms in total. The zero-order valence-electron chi connectivity index (χ0n) is 11.1. The Balaban J connectivity index is 3.57. The molecule has 0 saturated carbocycles. The fourth-order valence-corrected chi connectivity index (χ4v) is 2.86. The molecule has 0 unspecified atom stereocenters. The number of benzene rings is 1. The van der Waals surface area contributed by atoms with Gasteiger partial charge in [0.05, 0.1) is 0 Å². The summed E-state index contributed by atoms with van der Waals surface area (Å²) < 4.78 is 0. The normalized spacial score (nSPS) is 10.8. The quantitative estimate of drug-likeness (QED) is 0.688. The van der Waals surface area contributed by atoms with Crippen LogP contribution in [-0.2, 0) is 19.3 Å². The molecule has 0 N–H and O–H groups in total. The molecule has 0 aromatic heterocycles. The van der Waals surface area contributed by atoms with Gasteiger partial charge < -0.3 is 0 Å². The van der Waals surface area contributed by atoms with Crippen molar-refractivity contribution in [2.75, 3.05) is 0 Å². The molecule has 1 aromatic carbocycles. The summed E-state index contributed by atoms with van der Waals surface area (Å²) in [6.45, 7) is 13.7. The Morgan fingerprint density at radius 3 is 1.27 bits per heavy atom. The molecule has 0 aliphatic rings. The van der Waals surface area contributed by atoms with Gasteiger partial charge in [-0.2, -0.15) is 0 Å². The average molecular weight is 204 g/mol. The van der Waals surface area contributed by atoms with Crippen molar-refractivity contribution in [3.8, 4) is 0 Å². The Hall–Kier alpha value is -0.780. The van der Waals surface area contributed by atoms with Crippen LogP contribution in [0.15, 0.2) is 0 Å². The lowest BCUT2D eigenvalue weighted by molar-refractivity contribution is 0.954. The van der Waals surface area contributed by atoms with Crippen molar-refractivity contribution < 1.29 is 0 Å². The van der Waals surface area contributed by atoms with Crippen LogP contribution in [0.25, 0.3) is 0 Å². The highest BCUT2D eigenvalue weighted by molar-refractivity contribution is 5.50. The van der Waals surface area contributed by atoms with E-state index in [1.54, 1.807) is 22.3 Å². The second-order valence-corrected chi connectivity index (χ2v) is 4.37. The Morgan fingerprint density at radius 1 is 0.533 bits per heavy atom. The van der Waals surface area contributed by atoms with Gasteiger partial charge in [0, 0.05) is 0 Å². The van der Waals surface area contributed by atoms with E-state index >= 15 is 0 Å². The summed E-state index contributed by atoms with van der Waals surface area (Å²) in [4.78, 5) is 0. The fourth-order valence-electron chi connectivity index (χ4n) is 2.86. The van der Waals surface area contributed by atoms with Gasteiger partial charge in [0.2, 0.25) is 0 Å². The van der Waals surface area contributed by atoms with Crippen molar-refractivity contribution in [2.24, 2.45) is 0 Å². The number of rotatable bonds is 3. The lowest BCUT2D eigenvalue weighted by Crippen LogP contribution is -2.06. The van der Waals surface area contributed by atoms with Gasteiger partial charge in [-0.05, 0) is 73.4 Å². The van der Waals surface area contributed by atoms with E-state index in [-0.39, 0.29) is 0 Å². The Bertz CT molecular complexity index is 359. The third-order valence-electron chi connectivity index (χ3n) is 3.80. The van der Waals surface area contributed by atoms with Crippen molar-refractivity contribution in [1.29, 1.82) is 0 Å². The van der Waals surface area contributed by atoms with Gasteiger partial charge >= 0.3 is 0 Å². The topological polar surface area (TPSA) is 0 Å². The summed E-state index contributed by atoms with van der Waals surface area (Å²) in [6.07, 6.45) is 3.50. The lowest BCUT2D eigenvalue weighted by atomic mass is 9.85. The SMILES string of the molecule is CCc1c(C)c(C)c(CC)c(CC)c1C. The van der Waals surface area contributed by atoms with Gasteiger partial charge in [-0.3, -0.25) is 0 Å². The smallest absolute Gasteiger partial charge is 0.0302 e. The molecule has 0 bridgehead atoms. The molecule has 0 amide bonds. The molecule has 0 heteroatoms. The molecule has 0 fully saturated rings. The van der Waals surface area contributed by atoms with Gasteiger partial charge in [0.1, 0.15) is 0 Å².